The maximum absolute atomic E-state index is 12.7. The van der Waals surface area contributed by atoms with Crippen LogP contribution >= 0.6 is 0 Å². The minimum absolute atomic E-state index is 0.0145. The highest BCUT2D eigenvalue weighted by molar-refractivity contribution is 7.89. The average Bonchev–Trinajstić information content (AvgIpc) is 3.20. The molecule has 5 rings (SSSR count). The Hall–Kier alpha value is -0.970. The summed E-state index contributed by atoms with van der Waals surface area (Å²) in [4.78, 5) is 13.5. The molecule has 2 N–H and O–H groups in total. The molecule has 238 valence electrons. The first-order valence-corrected chi connectivity index (χ1v) is 17.6. The molecule has 3 saturated carbocycles. The van der Waals surface area contributed by atoms with Gasteiger partial charge in [0.15, 0.2) is 0 Å². The molecule has 41 heavy (non-hydrogen) atoms. The molecule has 5 unspecified atom stereocenters. The maximum Gasteiger partial charge on any atom is 0.409 e. The molecule has 0 radical (unpaired) electrons. The molecular formula is C31H55FN2O6S. The molecule has 2 heterocycles. The van der Waals surface area contributed by atoms with Crippen molar-refractivity contribution >= 4 is 16.1 Å². The SMILES string of the molecule is CC(C)C1CC2(CCN(S(=O)(=O)C3CCC3)CC2)C1O.CC(F)COC(=O)N1CCC2(CCC(C(C)C)C2O)CC1. The van der Waals surface area contributed by atoms with Crippen LogP contribution in [0.2, 0.25) is 0 Å². The maximum atomic E-state index is 12.7. The van der Waals surface area contributed by atoms with Crippen LogP contribution in [0.3, 0.4) is 0 Å². The number of ether oxygens (including phenoxy) is 1. The number of aliphatic hydroxyl groups is 2. The van der Waals surface area contributed by atoms with Gasteiger partial charge in [-0.2, -0.15) is 0 Å². The number of rotatable bonds is 6. The Morgan fingerprint density at radius 2 is 1.39 bits per heavy atom. The quantitative estimate of drug-likeness (QED) is 0.444. The Morgan fingerprint density at radius 1 is 0.854 bits per heavy atom. The van der Waals surface area contributed by atoms with Gasteiger partial charge >= 0.3 is 6.09 Å². The lowest BCUT2D eigenvalue weighted by atomic mass is 9.53. The Balaban J connectivity index is 0.000000189. The summed E-state index contributed by atoms with van der Waals surface area (Å²) >= 11 is 0. The van der Waals surface area contributed by atoms with E-state index in [1.54, 1.807) is 9.21 Å². The van der Waals surface area contributed by atoms with Crippen LogP contribution in [0, 0.1) is 34.5 Å². The molecule has 10 heteroatoms. The van der Waals surface area contributed by atoms with Crippen LogP contribution in [0.5, 0.6) is 0 Å². The third kappa shape index (κ3) is 6.75. The summed E-state index contributed by atoms with van der Waals surface area (Å²) in [7, 11) is -3.06. The molecule has 5 fully saturated rings. The van der Waals surface area contributed by atoms with E-state index in [4.69, 9.17) is 4.74 Å². The van der Waals surface area contributed by atoms with E-state index in [9.17, 15) is 27.8 Å². The van der Waals surface area contributed by atoms with Crippen LogP contribution in [-0.2, 0) is 14.8 Å². The lowest BCUT2D eigenvalue weighted by molar-refractivity contribution is -0.156. The number of aliphatic hydroxyl groups excluding tert-OH is 2. The second-order valence-electron chi connectivity index (χ2n) is 14.5. The van der Waals surface area contributed by atoms with Crippen molar-refractivity contribution in [3.63, 3.8) is 0 Å². The Bertz CT molecular complexity index is 985. The molecule has 2 saturated heterocycles. The normalized spacial score (nSPS) is 32.4. The van der Waals surface area contributed by atoms with Crippen molar-refractivity contribution < 1.29 is 32.6 Å². The van der Waals surface area contributed by atoms with E-state index < -0.39 is 22.3 Å². The summed E-state index contributed by atoms with van der Waals surface area (Å²) in [6.07, 6.45) is 7.17. The summed E-state index contributed by atoms with van der Waals surface area (Å²) in [5.74, 6) is 1.79. The van der Waals surface area contributed by atoms with E-state index in [0.29, 0.717) is 49.9 Å². The lowest BCUT2D eigenvalue weighted by Crippen LogP contribution is -2.60. The highest BCUT2D eigenvalue weighted by atomic mass is 32.2. The molecule has 2 aliphatic heterocycles. The van der Waals surface area contributed by atoms with Crippen LogP contribution in [0.4, 0.5) is 9.18 Å². The number of piperidine rings is 2. The third-order valence-electron chi connectivity index (χ3n) is 11.4. The van der Waals surface area contributed by atoms with Gasteiger partial charge in [-0.15, -0.1) is 0 Å². The largest absolute Gasteiger partial charge is 0.446 e. The zero-order chi connectivity index (χ0) is 30.2. The monoisotopic (exact) mass is 602 g/mol. The van der Waals surface area contributed by atoms with E-state index in [0.717, 1.165) is 64.2 Å². The van der Waals surface area contributed by atoms with Crippen LogP contribution in [0.1, 0.15) is 98.8 Å². The van der Waals surface area contributed by atoms with E-state index in [2.05, 4.69) is 27.7 Å². The van der Waals surface area contributed by atoms with E-state index in [1.165, 1.54) is 6.92 Å². The lowest BCUT2D eigenvalue weighted by Gasteiger charge is -2.57. The molecule has 5 atom stereocenters. The summed E-state index contributed by atoms with van der Waals surface area (Å²) in [5.41, 5.74) is -0.0142. The first-order valence-electron chi connectivity index (χ1n) is 16.1. The van der Waals surface area contributed by atoms with Crippen molar-refractivity contribution in [1.29, 1.82) is 0 Å². The number of amides is 1. The standard InChI is InChI=1S/C16H28FNO3.C15H27NO3S/c1-11(2)13-4-5-16(14(13)19)6-8-18(9-7-16)15(20)21-10-12(3)17;1-11(2)13-10-15(14(13)17)6-8-16(9-7-15)20(18,19)12-4-3-5-12/h11-14,19H,4-10H2,1-3H3;11-14,17H,3-10H2,1-2H3. The number of likely N-dealkylation sites (tertiary alicyclic amines) is 1. The number of hydrogen-bond donors (Lipinski definition) is 2. The van der Waals surface area contributed by atoms with E-state index in [1.807, 2.05) is 0 Å². The fourth-order valence-electron chi connectivity index (χ4n) is 8.03. The zero-order valence-electron chi connectivity index (χ0n) is 25.9. The second kappa shape index (κ2) is 12.9. The van der Waals surface area contributed by atoms with E-state index >= 15 is 0 Å². The van der Waals surface area contributed by atoms with Crippen molar-refractivity contribution in [3.05, 3.63) is 0 Å². The van der Waals surface area contributed by atoms with E-state index in [-0.39, 0.29) is 34.9 Å². The summed E-state index contributed by atoms with van der Waals surface area (Å²) in [6.45, 7) is 12.3. The molecule has 0 aromatic rings. The van der Waals surface area contributed by atoms with Crippen LogP contribution in [0.25, 0.3) is 0 Å². The van der Waals surface area contributed by atoms with Crippen molar-refractivity contribution in [1.82, 2.24) is 9.21 Å². The molecule has 5 aliphatic rings. The molecule has 0 bridgehead atoms. The van der Waals surface area contributed by atoms with Gasteiger partial charge in [0.05, 0.1) is 17.5 Å². The number of carbonyl (C=O) groups excluding carboxylic acids is 1. The van der Waals surface area contributed by atoms with Gasteiger partial charge < -0.3 is 19.8 Å². The minimum Gasteiger partial charge on any atom is -0.446 e. The van der Waals surface area contributed by atoms with Gasteiger partial charge in [0.2, 0.25) is 10.0 Å². The second-order valence-corrected chi connectivity index (χ2v) is 16.7. The van der Waals surface area contributed by atoms with Gasteiger partial charge in [0, 0.05) is 26.2 Å². The van der Waals surface area contributed by atoms with Gasteiger partial charge in [0.25, 0.3) is 0 Å². The summed E-state index contributed by atoms with van der Waals surface area (Å²) in [5, 5.41) is 21.0. The van der Waals surface area contributed by atoms with Gasteiger partial charge in [0.1, 0.15) is 12.8 Å². The van der Waals surface area contributed by atoms with Crippen LogP contribution in [-0.4, -0.2) is 90.3 Å². The third-order valence-corrected chi connectivity index (χ3v) is 13.8. The zero-order valence-corrected chi connectivity index (χ0v) is 26.7. The number of carbonyl (C=O) groups is 1. The number of alkyl halides is 1. The molecule has 1 amide bonds. The Kier molecular flexibility index (Phi) is 10.4. The fourth-order valence-corrected chi connectivity index (χ4v) is 10.1. The molecule has 0 aromatic carbocycles. The van der Waals surface area contributed by atoms with Crippen LogP contribution < -0.4 is 0 Å². The fraction of sp³-hybridized carbons (Fsp3) is 0.968. The minimum atomic E-state index is -3.06. The van der Waals surface area contributed by atoms with Crippen molar-refractivity contribution in [2.24, 2.45) is 34.5 Å². The predicted molar refractivity (Wildman–Crippen MR) is 157 cm³/mol. The molecule has 2 spiro atoms. The van der Waals surface area contributed by atoms with Crippen molar-refractivity contribution in [2.75, 3.05) is 32.8 Å². The van der Waals surface area contributed by atoms with Gasteiger partial charge in [-0.05, 0) is 99.2 Å². The Labute approximate surface area is 247 Å². The summed E-state index contributed by atoms with van der Waals surface area (Å²) in [6, 6.07) is 0. The number of hydrogen-bond acceptors (Lipinski definition) is 6. The highest BCUT2D eigenvalue weighted by Crippen LogP contribution is 2.55. The van der Waals surface area contributed by atoms with Gasteiger partial charge in [-0.1, -0.05) is 34.1 Å². The summed E-state index contributed by atoms with van der Waals surface area (Å²) < 4.78 is 44.1. The number of sulfonamides is 1. The van der Waals surface area contributed by atoms with Gasteiger partial charge in [-0.3, -0.25) is 0 Å². The molecule has 8 nitrogen and oxygen atoms in total. The first-order chi connectivity index (χ1) is 19.2. The highest BCUT2D eigenvalue weighted by Gasteiger charge is 2.56. The Morgan fingerprint density at radius 3 is 1.83 bits per heavy atom. The van der Waals surface area contributed by atoms with Crippen molar-refractivity contribution in [3.8, 4) is 0 Å². The van der Waals surface area contributed by atoms with Crippen molar-refractivity contribution in [2.45, 2.75) is 122 Å². The average molecular weight is 603 g/mol. The number of nitrogens with zero attached hydrogens (tertiary/aromatic N) is 2. The topological polar surface area (TPSA) is 107 Å². The molecule has 0 aromatic heterocycles. The van der Waals surface area contributed by atoms with Crippen LogP contribution in [0.15, 0.2) is 0 Å². The number of halogens is 1. The van der Waals surface area contributed by atoms with Gasteiger partial charge in [-0.25, -0.2) is 21.9 Å². The first kappa shape index (κ1) is 32.9. The molecule has 3 aliphatic carbocycles. The molecular weight excluding hydrogens is 547 g/mol. The predicted octanol–water partition coefficient (Wildman–Crippen LogP) is 4.98. The smallest absolute Gasteiger partial charge is 0.409 e.